The fourth-order valence-corrected chi connectivity index (χ4v) is 3.41. The molecular formula is C12H15N3O2S. The fraction of sp³-hybridized carbons (Fsp3) is 0.500. The van der Waals surface area contributed by atoms with Crippen LogP contribution in [0.3, 0.4) is 0 Å². The van der Waals surface area contributed by atoms with Crippen molar-refractivity contribution in [3.05, 3.63) is 21.9 Å². The van der Waals surface area contributed by atoms with Crippen LogP contribution in [0.25, 0.3) is 0 Å². The normalized spacial score (nSPS) is 21.6. The van der Waals surface area contributed by atoms with Crippen molar-refractivity contribution in [2.24, 2.45) is 16.3 Å². The molecule has 1 fully saturated rings. The zero-order valence-electron chi connectivity index (χ0n) is 9.93. The van der Waals surface area contributed by atoms with E-state index < -0.39 is 5.41 Å². The van der Waals surface area contributed by atoms with Gasteiger partial charge in [0.2, 0.25) is 5.91 Å². The second-order valence-corrected chi connectivity index (χ2v) is 5.91. The van der Waals surface area contributed by atoms with Crippen LogP contribution in [-0.2, 0) is 17.8 Å². The molecule has 18 heavy (non-hydrogen) atoms. The molecule has 1 aliphatic carbocycles. The highest BCUT2D eigenvalue weighted by molar-refractivity contribution is 7.10. The molecule has 0 atom stereocenters. The molecular weight excluding hydrogens is 250 g/mol. The highest BCUT2D eigenvalue weighted by atomic mass is 32.1. The van der Waals surface area contributed by atoms with Gasteiger partial charge in [-0.3, -0.25) is 4.79 Å². The van der Waals surface area contributed by atoms with Crippen LogP contribution in [0.2, 0.25) is 0 Å². The third-order valence-electron chi connectivity index (χ3n) is 3.85. The summed E-state index contributed by atoms with van der Waals surface area (Å²) in [5.41, 5.74) is 6.16. The van der Waals surface area contributed by atoms with Crippen LogP contribution in [0, 0.1) is 5.41 Å². The maximum Gasteiger partial charge on any atom is 0.236 e. The van der Waals surface area contributed by atoms with Crippen molar-refractivity contribution in [1.82, 2.24) is 4.90 Å². The maximum atomic E-state index is 12.5. The predicted octanol–water partition coefficient (Wildman–Crippen LogP) is 1.16. The molecule has 1 amide bonds. The molecule has 0 bridgehead atoms. The molecule has 1 aromatic heterocycles. The van der Waals surface area contributed by atoms with Crippen LogP contribution >= 0.6 is 11.3 Å². The average Bonchev–Trinajstić information content (AvgIpc) is 3.08. The molecule has 6 heteroatoms. The Kier molecular flexibility index (Phi) is 2.55. The first-order valence-electron chi connectivity index (χ1n) is 6.00. The van der Waals surface area contributed by atoms with Crippen LogP contribution in [-0.4, -0.2) is 28.4 Å². The molecule has 1 aromatic rings. The first kappa shape index (κ1) is 11.5. The molecule has 3 N–H and O–H groups in total. The summed E-state index contributed by atoms with van der Waals surface area (Å²) >= 11 is 1.75. The third-order valence-corrected chi connectivity index (χ3v) is 4.88. The number of carbonyl (C=O) groups is 1. The quantitative estimate of drug-likeness (QED) is 0.364. The third kappa shape index (κ3) is 1.59. The number of fused-ring (bicyclic) bond motifs is 1. The summed E-state index contributed by atoms with van der Waals surface area (Å²) in [5, 5.41) is 13.9. The number of hydrogen-bond acceptors (Lipinski definition) is 4. The SMILES string of the molecule is N/C(=N/O)C1(C(=O)N2CCc3sccc3C2)CC1. The summed E-state index contributed by atoms with van der Waals surface area (Å²) in [4.78, 5) is 15.7. The van der Waals surface area contributed by atoms with E-state index in [4.69, 9.17) is 10.9 Å². The Balaban J connectivity index is 1.80. The molecule has 3 rings (SSSR count). The minimum Gasteiger partial charge on any atom is -0.409 e. The molecule has 0 unspecified atom stereocenters. The number of nitrogens with two attached hydrogens (primary N) is 1. The van der Waals surface area contributed by atoms with Crippen LogP contribution in [0.4, 0.5) is 0 Å². The number of nitrogens with zero attached hydrogens (tertiary/aromatic N) is 2. The van der Waals surface area contributed by atoms with Crippen molar-refractivity contribution < 1.29 is 10.0 Å². The average molecular weight is 265 g/mol. The first-order valence-corrected chi connectivity index (χ1v) is 6.88. The molecule has 0 radical (unpaired) electrons. The molecule has 0 saturated heterocycles. The van der Waals surface area contributed by atoms with E-state index in [1.54, 1.807) is 11.3 Å². The predicted molar refractivity (Wildman–Crippen MR) is 68.5 cm³/mol. The highest BCUT2D eigenvalue weighted by Gasteiger charge is 2.56. The number of oxime groups is 1. The maximum absolute atomic E-state index is 12.5. The molecule has 2 heterocycles. The Morgan fingerprint density at radius 2 is 2.33 bits per heavy atom. The van der Waals surface area contributed by atoms with Gasteiger partial charge in [-0.05, 0) is 36.3 Å². The molecule has 1 aliphatic heterocycles. The van der Waals surface area contributed by atoms with Gasteiger partial charge in [0.15, 0.2) is 5.84 Å². The molecule has 5 nitrogen and oxygen atoms in total. The molecule has 1 saturated carbocycles. The van der Waals surface area contributed by atoms with Crippen LogP contribution < -0.4 is 5.73 Å². The van der Waals surface area contributed by atoms with E-state index in [-0.39, 0.29) is 11.7 Å². The van der Waals surface area contributed by atoms with E-state index >= 15 is 0 Å². The molecule has 0 spiro atoms. The summed E-state index contributed by atoms with van der Waals surface area (Å²) in [5.74, 6) is 0.0678. The van der Waals surface area contributed by atoms with Gasteiger partial charge < -0.3 is 15.8 Å². The topological polar surface area (TPSA) is 78.9 Å². The van der Waals surface area contributed by atoms with Gasteiger partial charge in [0.25, 0.3) is 0 Å². The van der Waals surface area contributed by atoms with Crippen molar-refractivity contribution >= 4 is 23.1 Å². The van der Waals surface area contributed by atoms with Gasteiger partial charge in [-0.2, -0.15) is 0 Å². The van der Waals surface area contributed by atoms with Gasteiger partial charge in [0, 0.05) is 18.0 Å². The van der Waals surface area contributed by atoms with Gasteiger partial charge in [-0.15, -0.1) is 11.3 Å². The van der Waals surface area contributed by atoms with Crippen molar-refractivity contribution in [3.63, 3.8) is 0 Å². The minimum atomic E-state index is -0.720. The zero-order chi connectivity index (χ0) is 12.8. The smallest absolute Gasteiger partial charge is 0.236 e. The first-order chi connectivity index (χ1) is 8.67. The second-order valence-electron chi connectivity index (χ2n) is 4.91. The van der Waals surface area contributed by atoms with Gasteiger partial charge in [0.1, 0.15) is 5.41 Å². The number of thiophene rings is 1. The monoisotopic (exact) mass is 265 g/mol. The van der Waals surface area contributed by atoms with Crippen molar-refractivity contribution in [2.75, 3.05) is 6.54 Å². The Morgan fingerprint density at radius 1 is 1.56 bits per heavy atom. The Labute approximate surface area is 109 Å². The lowest BCUT2D eigenvalue weighted by atomic mass is 10.0. The van der Waals surface area contributed by atoms with Crippen molar-refractivity contribution in [3.8, 4) is 0 Å². The molecule has 0 aromatic carbocycles. The summed E-state index contributed by atoms with van der Waals surface area (Å²) in [6.07, 6.45) is 2.29. The Hall–Kier alpha value is -1.56. The minimum absolute atomic E-state index is 0.00894. The van der Waals surface area contributed by atoms with Gasteiger partial charge >= 0.3 is 0 Å². The summed E-state index contributed by atoms with van der Waals surface area (Å²) < 4.78 is 0. The fourth-order valence-electron chi connectivity index (χ4n) is 2.52. The van der Waals surface area contributed by atoms with Gasteiger partial charge in [-0.1, -0.05) is 5.16 Å². The molecule has 2 aliphatic rings. The number of amides is 1. The summed E-state index contributed by atoms with van der Waals surface area (Å²) in [6, 6.07) is 2.07. The van der Waals surface area contributed by atoms with E-state index in [9.17, 15) is 4.79 Å². The zero-order valence-corrected chi connectivity index (χ0v) is 10.7. The van der Waals surface area contributed by atoms with Crippen LogP contribution in [0.1, 0.15) is 23.3 Å². The second kappa shape index (κ2) is 3.98. The number of amidine groups is 1. The van der Waals surface area contributed by atoms with Crippen LogP contribution in [0.5, 0.6) is 0 Å². The largest absolute Gasteiger partial charge is 0.409 e. The van der Waals surface area contributed by atoms with Crippen LogP contribution in [0.15, 0.2) is 16.6 Å². The van der Waals surface area contributed by atoms with Gasteiger partial charge in [-0.25, -0.2) is 0 Å². The van der Waals surface area contributed by atoms with E-state index in [0.29, 0.717) is 19.4 Å². The van der Waals surface area contributed by atoms with E-state index in [1.165, 1.54) is 10.4 Å². The van der Waals surface area contributed by atoms with Crippen molar-refractivity contribution in [1.29, 1.82) is 0 Å². The van der Waals surface area contributed by atoms with E-state index in [2.05, 4.69) is 16.6 Å². The lowest BCUT2D eigenvalue weighted by molar-refractivity contribution is -0.135. The van der Waals surface area contributed by atoms with E-state index in [1.807, 2.05) is 4.90 Å². The lowest BCUT2D eigenvalue weighted by Crippen LogP contribution is -2.45. The summed E-state index contributed by atoms with van der Waals surface area (Å²) in [7, 11) is 0. The lowest BCUT2D eigenvalue weighted by Gasteiger charge is -2.30. The van der Waals surface area contributed by atoms with Gasteiger partial charge in [0.05, 0.1) is 0 Å². The number of hydrogen-bond donors (Lipinski definition) is 2. The summed E-state index contributed by atoms with van der Waals surface area (Å²) in [6.45, 7) is 1.38. The number of carbonyl (C=O) groups excluding carboxylic acids is 1. The Morgan fingerprint density at radius 3 is 3.00 bits per heavy atom. The van der Waals surface area contributed by atoms with E-state index in [0.717, 1.165) is 13.0 Å². The Bertz CT molecular complexity index is 519. The highest BCUT2D eigenvalue weighted by Crippen LogP contribution is 2.48. The molecule has 96 valence electrons. The van der Waals surface area contributed by atoms with Crippen molar-refractivity contribution in [2.45, 2.75) is 25.8 Å². The standard InChI is InChI=1S/C12H15N3O2S/c13-10(14-17)12(3-4-12)11(16)15-5-1-9-8(7-15)2-6-18-9/h2,6,17H,1,3-5,7H2,(H2,13,14). The number of rotatable bonds is 2.